The van der Waals surface area contributed by atoms with E-state index in [-0.39, 0.29) is 12.5 Å². The maximum atomic E-state index is 12.9. The highest BCUT2D eigenvalue weighted by Gasteiger charge is 2.23. The summed E-state index contributed by atoms with van der Waals surface area (Å²) in [5.74, 6) is -0.219. The number of nitrogens with one attached hydrogen (secondary N) is 1. The molecule has 0 aliphatic rings. The fraction of sp³-hybridized carbons (Fsp3) is 0.850. The molecule has 0 fully saturated rings. The molecule has 0 heterocycles. The number of phosphoric ester groups is 1. The van der Waals surface area contributed by atoms with Crippen LogP contribution in [0.2, 0.25) is 0 Å². The van der Waals surface area contributed by atoms with Crippen molar-refractivity contribution in [3.05, 3.63) is 48.6 Å². The minimum atomic E-state index is -4.61. The summed E-state index contributed by atoms with van der Waals surface area (Å²) in [7, 11) is 1.23. The molecule has 3 unspecified atom stereocenters. The summed E-state index contributed by atoms with van der Waals surface area (Å²) in [4.78, 5) is 25.4. The van der Waals surface area contributed by atoms with Gasteiger partial charge in [0.2, 0.25) is 5.91 Å². The van der Waals surface area contributed by atoms with Crippen molar-refractivity contribution in [3.8, 4) is 0 Å². The van der Waals surface area contributed by atoms with Crippen LogP contribution < -0.4 is 10.2 Å². The van der Waals surface area contributed by atoms with E-state index in [1.165, 1.54) is 193 Å². The second-order valence-electron chi connectivity index (χ2n) is 21.3. The van der Waals surface area contributed by atoms with Crippen molar-refractivity contribution >= 4 is 13.7 Å². The number of phosphoric acid groups is 1. The van der Waals surface area contributed by atoms with Crippen molar-refractivity contribution in [1.82, 2.24) is 5.32 Å². The largest absolute Gasteiger partial charge is 0.756 e. The van der Waals surface area contributed by atoms with Gasteiger partial charge in [-0.05, 0) is 70.6 Å². The lowest BCUT2D eigenvalue weighted by atomic mass is 10.0. The lowest BCUT2D eigenvalue weighted by Gasteiger charge is -2.29. The average Bonchev–Trinajstić information content (AvgIpc) is 3.31. The van der Waals surface area contributed by atoms with Crippen LogP contribution in [0.5, 0.6) is 0 Å². The molecular formula is C60H115N2O6P. The van der Waals surface area contributed by atoms with Gasteiger partial charge < -0.3 is 28.8 Å². The van der Waals surface area contributed by atoms with E-state index in [0.717, 1.165) is 64.2 Å². The van der Waals surface area contributed by atoms with Crippen LogP contribution in [0.1, 0.15) is 277 Å². The van der Waals surface area contributed by atoms with E-state index in [1.807, 2.05) is 27.2 Å². The Bertz CT molecular complexity index is 1260. The van der Waals surface area contributed by atoms with Gasteiger partial charge in [-0.2, -0.15) is 0 Å². The van der Waals surface area contributed by atoms with Crippen LogP contribution in [-0.4, -0.2) is 68.5 Å². The van der Waals surface area contributed by atoms with Crippen molar-refractivity contribution in [3.63, 3.8) is 0 Å². The van der Waals surface area contributed by atoms with Gasteiger partial charge in [-0.1, -0.05) is 249 Å². The molecule has 8 nitrogen and oxygen atoms in total. The molecule has 0 saturated carbocycles. The molecule has 69 heavy (non-hydrogen) atoms. The van der Waals surface area contributed by atoms with E-state index in [9.17, 15) is 19.4 Å². The van der Waals surface area contributed by atoms with E-state index >= 15 is 0 Å². The highest BCUT2D eigenvalue weighted by molar-refractivity contribution is 7.45. The van der Waals surface area contributed by atoms with E-state index < -0.39 is 26.6 Å². The van der Waals surface area contributed by atoms with Gasteiger partial charge in [0.25, 0.3) is 7.82 Å². The maximum absolute atomic E-state index is 12.9. The first-order chi connectivity index (χ1) is 33.5. The van der Waals surface area contributed by atoms with Crippen molar-refractivity contribution in [2.75, 3.05) is 40.9 Å². The Morgan fingerprint density at radius 2 is 0.812 bits per heavy atom. The second kappa shape index (κ2) is 51.4. The number of carbonyl (C=O) groups is 1. The molecule has 2 N–H and O–H groups in total. The molecule has 0 aromatic rings. The SMILES string of the molecule is CCCCCCCC/C=C\CCCCCCCC(=O)NC(COP(=O)([O-])OCC[N+](C)(C)C)C(O)/C=C/CC/C=C/CC/C=C/CCCCCCCCCCCCCCCCCCCCCCCC. The van der Waals surface area contributed by atoms with Crippen LogP contribution in [-0.2, 0) is 18.4 Å². The fourth-order valence-corrected chi connectivity index (χ4v) is 9.32. The first-order valence-electron chi connectivity index (χ1n) is 29.5. The number of quaternary nitrogens is 1. The lowest BCUT2D eigenvalue weighted by Crippen LogP contribution is -2.45. The number of nitrogens with zero attached hydrogens (tertiary/aromatic N) is 1. The van der Waals surface area contributed by atoms with E-state index in [4.69, 9.17) is 9.05 Å². The van der Waals surface area contributed by atoms with Gasteiger partial charge in [-0.25, -0.2) is 0 Å². The van der Waals surface area contributed by atoms with Crippen LogP contribution in [0.25, 0.3) is 0 Å². The van der Waals surface area contributed by atoms with Crippen LogP contribution in [0.3, 0.4) is 0 Å². The Kier molecular flexibility index (Phi) is 50.2. The third-order valence-electron chi connectivity index (χ3n) is 13.2. The van der Waals surface area contributed by atoms with Crippen LogP contribution in [0, 0.1) is 0 Å². The standard InChI is InChI=1S/C60H115N2O6P/c1-6-8-10-12-14-16-18-20-22-23-24-25-26-27-28-29-30-31-32-33-34-35-36-37-38-40-41-43-45-47-49-51-53-59(63)58(57-68-69(65,66)67-56-55-62(3,4)5)61-60(64)54-52-50-48-46-44-42-39-21-19-17-15-13-11-9-7-2/h21,37-39,43,45,51,53,58-59,63H,6-20,22-36,40-42,44,46-50,52,54-57H2,1-5H3,(H-,61,64,65,66)/b38-37+,39-21-,45-43+,53-51+. The minimum absolute atomic E-state index is 0.0112. The van der Waals surface area contributed by atoms with Gasteiger partial charge >= 0.3 is 0 Å². The van der Waals surface area contributed by atoms with Gasteiger partial charge in [0.15, 0.2) is 0 Å². The Morgan fingerprint density at radius 3 is 1.17 bits per heavy atom. The fourth-order valence-electron chi connectivity index (χ4n) is 8.59. The van der Waals surface area contributed by atoms with Gasteiger partial charge in [0, 0.05) is 6.42 Å². The molecular weight excluding hydrogens is 876 g/mol. The molecule has 406 valence electrons. The molecule has 0 aliphatic heterocycles. The topological polar surface area (TPSA) is 108 Å². The van der Waals surface area contributed by atoms with Gasteiger partial charge in [0.1, 0.15) is 13.2 Å². The summed E-state index contributed by atoms with van der Waals surface area (Å²) in [6.45, 7) is 4.63. The van der Waals surface area contributed by atoms with Crippen LogP contribution in [0.15, 0.2) is 48.6 Å². The van der Waals surface area contributed by atoms with Crippen molar-refractivity contribution in [2.24, 2.45) is 0 Å². The number of aliphatic hydroxyl groups is 1. The predicted molar refractivity (Wildman–Crippen MR) is 298 cm³/mol. The van der Waals surface area contributed by atoms with Crippen LogP contribution >= 0.6 is 7.82 Å². The monoisotopic (exact) mass is 991 g/mol. The summed E-state index contributed by atoms with van der Waals surface area (Å²) in [5, 5.41) is 13.8. The maximum Gasteiger partial charge on any atom is 0.268 e. The molecule has 3 atom stereocenters. The molecule has 1 amide bonds. The van der Waals surface area contributed by atoms with E-state index in [1.54, 1.807) is 6.08 Å². The zero-order chi connectivity index (χ0) is 50.6. The van der Waals surface area contributed by atoms with Crippen molar-refractivity contribution in [1.29, 1.82) is 0 Å². The predicted octanol–water partition coefficient (Wildman–Crippen LogP) is 17.3. The zero-order valence-electron chi connectivity index (χ0n) is 46.3. The number of unbranched alkanes of at least 4 members (excludes halogenated alkanes) is 35. The second-order valence-corrected chi connectivity index (χ2v) is 22.7. The Morgan fingerprint density at radius 1 is 0.493 bits per heavy atom. The third kappa shape index (κ3) is 54.1. The van der Waals surface area contributed by atoms with E-state index in [2.05, 4.69) is 55.6 Å². The molecule has 0 spiro atoms. The summed E-state index contributed by atoms with van der Waals surface area (Å²) in [6.07, 6.45) is 67.9. The Hall–Kier alpha value is -1.54. The number of amides is 1. The highest BCUT2D eigenvalue weighted by atomic mass is 31.2. The van der Waals surface area contributed by atoms with Crippen LogP contribution in [0.4, 0.5) is 0 Å². The first kappa shape index (κ1) is 67.5. The number of likely N-dealkylation sites (N-methyl/N-ethyl adjacent to an activating group) is 1. The summed E-state index contributed by atoms with van der Waals surface area (Å²) in [5.41, 5.74) is 0. The minimum Gasteiger partial charge on any atom is -0.756 e. The Labute approximate surface area is 429 Å². The van der Waals surface area contributed by atoms with Gasteiger partial charge in [0.05, 0.1) is 39.9 Å². The normalized spacial score (nSPS) is 14.2. The molecule has 0 aromatic heterocycles. The van der Waals surface area contributed by atoms with Crippen molar-refractivity contribution in [2.45, 2.75) is 289 Å². The average molecular weight is 992 g/mol. The Balaban J connectivity index is 4.18. The molecule has 0 rings (SSSR count). The number of carbonyl (C=O) groups excluding carboxylic acids is 1. The van der Waals surface area contributed by atoms with Crippen molar-refractivity contribution < 1.29 is 32.9 Å². The quantitative estimate of drug-likeness (QED) is 0.0272. The summed E-state index contributed by atoms with van der Waals surface area (Å²) >= 11 is 0. The smallest absolute Gasteiger partial charge is 0.268 e. The van der Waals surface area contributed by atoms with Gasteiger partial charge in [-0.3, -0.25) is 9.36 Å². The number of allylic oxidation sites excluding steroid dienone is 7. The first-order valence-corrected chi connectivity index (χ1v) is 31.0. The number of aliphatic hydroxyl groups excluding tert-OH is 1. The number of rotatable bonds is 54. The zero-order valence-corrected chi connectivity index (χ0v) is 47.2. The van der Waals surface area contributed by atoms with E-state index in [0.29, 0.717) is 17.4 Å². The number of hydrogen-bond acceptors (Lipinski definition) is 6. The summed E-state index contributed by atoms with van der Waals surface area (Å²) in [6, 6.07) is -0.915. The number of hydrogen-bond donors (Lipinski definition) is 2. The molecule has 9 heteroatoms. The van der Waals surface area contributed by atoms with Gasteiger partial charge in [-0.15, -0.1) is 0 Å². The highest BCUT2D eigenvalue weighted by Crippen LogP contribution is 2.38. The molecule has 0 saturated heterocycles. The molecule has 0 aromatic carbocycles. The molecule has 0 radical (unpaired) electrons. The summed E-state index contributed by atoms with van der Waals surface area (Å²) < 4.78 is 23.3. The third-order valence-corrected chi connectivity index (χ3v) is 14.2. The molecule has 0 aliphatic carbocycles. The molecule has 0 bridgehead atoms. The lowest BCUT2D eigenvalue weighted by molar-refractivity contribution is -0.870.